The lowest BCUT2D eigenvalue weighted by Crippen LogP contribution is -2.54. The van der Waals surface area contributed by atoms with Gasteiger partial charge >= 0.3 is 0 Å². The van der Waals surface area contributed by atoms with E-state index < -0.39 is 34.1 Å². The quantitative estimate of drug-likeness (QED) is 0.297. The summed E-state index contributed by atoms with van der Waals surface area (Å²) in [6.45, 7) is 10.4. The summed E-state index contributed by atoms with van der Waals surface area (Å²) in [4.78, 5) is 28.6. The number of halogens is 2. The molecule has 0 heterocycles. The van der Waals surface area contributed by atoms with Crippen LogP contribution < -0.4 is 9.62 Å². The van der Waals surface area contributed by atoms with Crippen molar-refractivity contribution in [1.82, 2.24) is 10.2 Å². The van der Waals surface area contributed by atoms with Gasteiger partial charge in [0.25, 0.3) is 10.0 Å². The van der Waals surface area contributed by atoms with E-state index in [1.54, 1.807) is 31.2 Å². The number of nitrogens with one attached hydrogen (secondary N) is 1. The highest BCUT2D eigenvalue weighted by atomic mass is 79.9. The van der Waals surface area contributed by atoms with Crippen LogP contribution in [0.2, 0.25) is 5.02 Å². The molecule has 3 aromatic rings. The maximum Gasteiger partial charge on any atom is 0.264 e. The molecule has 214 valence electrons. The van der Waals surface area contributed by atoms with Crippen LogP contribution in [0.5, 0.6) is 0 Å². The van der Waals surface area contributed by atoms with Crippen molar-refractivity contribution < 1.29 is 18.0 Å². The standard InChI is InChI=1S/C30H35BrClN3O4S/c1-20-10-14-26(15-11-20)40(38,39)35(25-13-12-21(2)27(32)17-25)19-28(36)34(18-23-8-7-9-24(31)16-23)22(3)29(37)33-30(4,5)6/h7-17,22H,18-19H2,1-6H3,(H,33,37). The number of benzene rings is 3. The fraction of sp³-hybridized carbons (Fsp3) is 0.333. The average Bonchev–Trinajstić information content (AvgIpc) is 2.86. The largest absolute Gasteiger partial charge is 0.350 e. The monoisotopic (exact) mass is 647 g/mol. The first kappa shape index (κ1) is 31.6. The molecule has 3 rings (SSSR count). The molecule has 10 heteroatoms. The van der Waals surface area contributed by atoms with Crippen molar-refractivity contribution in [2.24, 2.45) is 0 Å². The highest BCUT2D eigenvalue weighted by molar-refractivity contribution is 9.10. The van der Waals surface area contributed by atoms with E-state index in [-0.39, 0.29) is 23.0 Å². The molecule has 1 unspecified atom stereocenters. The second-order valence-electron chi connectivity index (χ2n) is 10.8. The Morgan fingerprint density at radius 1 is 1.00 bits per heavy atom. The molecule has 0 aliphatic heterocycles. The first-order valence-electron chi connectivity index (χ1n) is 12.8. The zero-order chi connectivity index (χ0) is 29.8. The van der Waals surface area contributed by atoms with E-state index in [9.17, 15) is 18.0 Å². The molecule has 7 nitrogen and oxygen atoms in total. The van der Waals surface area contributed by atoms with Crippen molar-refractivity contribution in [3.05, 3.63) is 92.9 Å². The summed E-state index contributed by atoms with van der Waals surface area (Å²) >= 11 is 9.83. The molecular formula is C30H35BrClN3O4S. The van der Waals surface area contributed by atoms with E-state index in [1.807, 2.05) is 58.9 Å². The van der Waals surface area contributed by atoms with Crippen LogP contribution in [0, 0.1) is 13.8 Å². The van der Waals surface area contributed by atoms with Gasteiger partial charge in [-0.05, 0) is 89.1 Å². The zero-order valence-corrected chi connectivity index (χ0v) is 26.7. The van der Waals surface area contributed by atoms with Gasteiger partial charge in [0.15, 0.2) is 0 Å². The van der Waals surface area contributed by atoms with Crippen molar-refractivity contribution in [1.29, 1.82) is 0 Å². The molecule has 2 amide bonds. The SMILES string of the molecule is Cc1ccc(S(=O)(=O)N(CC(=O)N(Cc2cccc(Br)c2)C(C)C(=O)NC(C)(C)C)c2ccc(C)c(Cl)c2)cc1. The van der Waals surface area contributed by atoms with E-state index >= 15 is 0 Å². The minimum atomic E-state index is -4.16. The number of hydrogen-bond acceptors (Lipinski definition) is 4. The van der Waals surface area contributed by atoms with Crippen LogP contribution >= 0.6 is 27.5 Å². The zero-order valence-electron chi connectivity index (χ0n) is 23.5. The number of amides is 2. The Morgan fingerprint density at radius 2 is 1.65 bits per heavy atom. The molecular weight excluding hydrogens is 614 g/mol. The van der Waals surface area contributed by atoms with Crippen molar-refractivity contribution in [2.75, 3.05) is 10.8 Å². The van der Waals surface area contributed by atoms with Crippen molar-refractivity contribution >= 4 is 55.1 Å². The van der Waals surface area contributed by atoms with Gasteiger partial charge in [0.2, 0.25) is 11.8 Å². The van der Waals surface area contributed by atoms with Gasteiger partial charge in [0, 0.05) is 21.6 Å². The molecule has 0 spiro atoms. The van der Waals surface area contributed by atoms with Gasteiger partial charge in [-0.1, -0.05) is 63.4 Å². The number of carbonyl (C=O) groups excluding carboxylic acids is 2. The Bertz CT molecular complexity index is 1490. The number of carbonyl (C=O) groups is 2. The lowest BCUT2D eigenvalue weighted by atomic mass is 10.1. The maximum absolute atomic E-state index is 14.0. The van der Waals surface area contributed by atoms with E-state index in [4.69, 9.17) is 11.6 Å². The summed E-state index contributed by atoms with van der Waals surface area (Å²) in [5.74, 6) is -0.883. The van der Waals surface area contributed by atoms with Crippen LogP contribution in [0.1, 0.15) is 44.4 Å². The highest BCUT2D eigenvalue weighted by Crippen LogP contribution is 2.29. The van der Waals surface area contributed by atoms with Gasteiger partial charge in [-0.2, -0.15) is 0 Å². The number of rotatable bonds is 9. The number of aryl methyl sites for hydroxylation is 2. The minimum absolute atomic E-state index is 0.0414. The second-order valence-corrected chi connectivity index (χ2v) is 14.0. The molecule has 1 atom stereocenters. The highest BCUT2D eigenvalue weighted by Gasteiger charge is 2.33. The third kappa shape index (κ3) is 8.08. The van der Waals surface area contributed by atoms with Crippen molar-refractivity contribution in [2.45, 2.75) is 64.6 Å². The van der Waals surface area contributed by atoms with Gasteiger partial charge < -0.3 is 10.2 Å². The van der Waals surface area contributed by atoms with Crippen LogP contribution in [0.4, 0.5) is 5.69 Å². The van der Waals surface area contributed by atoms with Gasteiger partial charge in [-0.3, -0.25) is 13.9 Å². The summed E-state index contributed by atoms with van der Waals surface area (Å²) in [6, 6.07) is 17.8. The van der Waals surface area contributed by atoms with Crippen molar-refractivity contribution in [3.8, 4) is 0 Å². The fourth-order valence-electron chi connectivity index (χ4n) is 3.99. The van der Waals surface area contributed by atoms with Crippen LogP contribution in [0.3, 0.4) is 0 Å². The minimum Gasteiger partial charge on any atom is -0.350 e. The fourth-order valence-corrected chi connectivity index (χ4v) is 6.02. The Kier molecular flexibility index (Phi) is 10.1. The molecule has 0 radical (unpaired) electrons. The molecule has 0 saturated heterocycles. The summed E-state index contributed by atoms with van der Waals surface area (Å²) in [5, 5.41) is 3.29. The lowest BCUT2D eigenvalue weighted by molar-refractivity contribution is -0.140. The molecule has 0 fully saturated rings. The van der Waals surface area contributed by atoms with Gasteiger partial charge in [0.1, 0.15) is 12.6 Å². The summed E-state index contributed by atoms with van der Waals surface area (Å²) < 4.78 is 29.7. The molecule has 0 aliphatic rings. The maximum atomic E-state index is 14.0. The lowest BCUT2D eigenvalue weighted by Gasteiger charge is -2.33. The van der Waals surface area contributed by atoms with Gasteiger partial charge in [-0.15, -0.1) is 0 Å². The predicted octanol–water partition coefficient (Wildman–Crippen LogP) is 6.25. The van der Waals surface area contributed by atoms with E-state index in [2.05, 4.69) is 21.2 Å². The van der Waals surface area contributed by atoms with Crippen LogP contribution in [-0.4, -0.2) is 43.3 Å². The van der Waals surface area contributed by atoms with Crippen LogP contribution in [-0.2, 0) is 26.2 Å². The number of hydrogen-bond donors (Lipinski definition) is 1. The normalized spacial score (nSPS) is 12.5. The third-order valence-corrected chi connectivity index (χ3v) is 8.93. The van der Waals surface area contributed by atoms with E-state index in [0.29, 0.717) is 5.02 Å². The predicted molar refractivity (Wildman–Crippen MR) is 164 cm³/mol. The van der Waals surface area contributed by atoms with E-state index in [0.717, 1.165) is 25.5 Å². The summed E-state index contributed by atoms with van der Waals surface area (Å²) in [7, 11) is -4.16. The second kappa shape index (κ2) is 12.7. The molecule has 0 aromatic heterocycles. The summed E-state index contributed by atoms with van der Waals surface area (Å²) in [6.07, 6.45) is 0. The van der Waals surface area contributed by atoms with Crippen molar-refractivity contribution in [3.63, 3.8) is 0 Å². The molecule has 40 heavy (non-hydrogen) atoms. The molecule has 0 bridgehead atoms. The Morgan fingerprint density at radius 3 is 2.23 bits per heavy atom. The van der Waals surface area contributed by atoms with Gasteiger partial charge in [-0.25, -0.2) is 8.42 Å². The van der Waals surface area contributed by atoms with E-state index in [1.165, 1.54) is 23.1 Å². The molecule has 3 aromatic carbocycles. The third-order valence-electron chi connectivity index (χ3n) is 6.24. The Hall–Kier alpha value is -2.88. The summed E-state index contributed by atoms with van der Waals surface area (Å²) in [5.41, 5.74) is 2.19. The number of anilines is 1. The Labute approximate surface area is 250 Å². The first-order valence-corrected chi connectivity index (χ1v) is 15.4. The Balaban J connectivity index is 2.07. The molecule has 1 N–H and O–H groups in total. The smallest absolute Gasteiger partial charge is 0.264 e. The average molecular weight is 649 g/mol. The first-order chi connectivity index (χ1) is 18.6. The topological polar surface area (TPSA) is 86.8 Å². The molecule has 0 aliphatic carbocycles. The molecule has 0 saturated carbocycles. The van der Waals surface area contributed by atoms with Crippen LogP contribution in [0.15, 0.2) is 76.1 Å². The van der Waals surface area contributed by atoms with Gasteiger partial charge in [0.05, 0.1) is 10.6 Å². The number of nitrogens with zero attached hydrogens (tertiary/aromatic N) is 2. The van der Waals surface area contributed by atoms with Crippen LogP contribution in [0.25, 0.3) is 0 Å². The number of sulfonamides is 1.